The molecule has 2 rings (SSSR count). The second kappa shape index (κ2) is 7.20. The van der Waals surface area contributed by atoms with Gasteiger partial charge in [0.15, 0.2) is 0 Å². The average molecular weight is 306 g/mol. The van der Waals surface area contributed by atoms with Crippen LogP contribution in [0.5, 0.6) is 0 Å². The lowest BCUT2D eigenvalue weighted by Gasteiger charge is -2.08. The van der Waals surface area contributed by atoms with Crippen molar-refractivity contribution in [1.29, 1.82) is 0 Å². The number of aromatic nitrogens is 1. The van der Waals surface area contributed by atoms with E-state index in [9.17, 15) is 4.79 Å². The van der Waals surface area contributed by atoms with Gasteiger partial charge in [-0.05, 0) is 12.1 Å². The molecule has 104 valence electrons. The summed E-state index contributed by atoms with van der Waals surface area (Å²) >= 11 is 2.91. The third kappa shape index (κ3) is 3.90. The molecule has 2 aromatic heterocycles. The Morgan fingerprint density at radius 2 is 2.40 bits per heavy atom. The fourth-order valence-electron chi connectivity index (χ4n) is 1.55. The van der Waals surface area contributed by atoms with Crippen LogP contribution in [0.4, 0.5) is 0 Å². The number of hydrogen-bond donors (Lipinski definition) is 2. The minimum absolute atomic E-state index is 0.101. The number of rotatable bonds is 4. The Morgan fingerprint density at radius 1 is 1.55 bits per heavy atom. The maximum atomic E-state index is 12.0. The van der Waals surface area contributed by atoms with Gasteiger partial charge in [0.25, 0.3) is 5.91 Å². The molecule has 0 saturated carbocycles. The van der Waals surface area contributed by atoms with Crippen molar-refractivity contribution in [1.82, 2.24) is 10.3 Å². The molecule has 0 aliphatic heterocycles. The van der Waals surface area contributed by atoms with Crippen molar-refractivity contribution >= 4 is 28.6 Å². The van der Waals surface area contributed by atoms with Crippen LogP contribution in [0.3, 0.4) is 0 Å². The molecule has 1 amide bonds. The number of carbonyl (C=O) groups excluding carboxylic acids is 1. The molecule has 0 aromatic carbocycles. The number of hydrogen-bond acceptors (Lipinski definition) is 5. The summed E-state index contributed by atoms with van der Waals surface area (Å²) in [5, 5.41) is 14.5. The van der Waals surface area contributed by atoms with E-state index in [2.05, 4.69) is 22.1 Å². The van der Waals surface area contributed by atoms with E-state index in [0.29, 0.717) is 11.4 Å². The van der Waals surface area contributed by atoms with Crippen molar-refractivity contribution in [3.05, 3.63) is 38.5 Å². The minimum Gasteiger partial charge on any atom is -0.384 e. The normalized spacial score (nSPS) is 11.5. The number of nitrogens with zero attached hydrogens (tertiary/aromatic N) is 1. The highest BCUT2D eigenvalue weighted by Crippen LogP contribution is 2.18. The molecule has 0 spiro atoms. The van der Waals surface area contributed by atoms with Gasteiger partial charge in [0, 0.05) is 24.0 Å². The molecular weight excluding hydrogens is 292 g/mol. The second-order valence-electron chi connectivity index (χ2n) is 4.11. The largest absolute Gasteiger partial charge is 0.384 e. The van der Waals surface area contributed by atoms with Crippen LogP contribution >= 0.6 is 22.7 Å². The first-order chi connectivity index (χ1) is 9.70. The number of carbonyl (C=O) groups is 1. The van der Waals surface area contributed by atoms with Crippen molar-refractivity contribution in [2.24, 2.45) is 0 Å². The summed E-state index contributed by atoms with van der Waals surface area (Å²) in [5.74, 6) is 5.45. The highest BCUT2D eigenvalue weighted by molar-refractivity contribution is 7.14. The predicted molar refractivity (Wildman–Crippen MR) is 81.1 cm³/mol. The highest BCUT2D eigenvalue weighted by atomic mass is 32.1. The molecule has 2 N–H and O–H groups in total. The molecule has 0 aliphatic carbocycles. The zero-order valence-electron chi connectivity index (χ0n) is 10.9. The summed E-state index contributed by atoms with van der Waals surface area (Å²) in [6.45, 7) is 2.42. The Bertz CT molecular complexity index is 623. The smallest absolute Gasteiger partial charge is 0.261 e. The van der Waals surface area contributed by atoms with Crippen LogP contribution < -0.4 is 5.32 Å². The van der Waals surface area contributed by atoms with Crippen LogP contribution in [0.25, 0.3) is 0 Å². The van der Waals surface area contributed by atoms with Crippen LogP contribution in [-0.2, 0) is 0 Å². The van der Waals surface area contributed by atoms with Crippen LogP contribution in [0, 0.1) is 11.8 Å². The van der Waals surface area contributed by atoms with E-state index in [1.165, 1.54) is 11.3 Å². The molecule has 0 radical (unpaired) electrons. The van der Waals surface area contributed by atoms with Gasteiger partial charge in [-0.2, -0.15) is 0 Å². The zero-order chi connectivity index (χ0) is 14.4. The van der Waals surface area contributed by atoms with E-state index in [4.69, 9.17) is 5.11 Å². The first-order valence-corrected chi connectivity index (χ1v) is 7.77. The maximum absolute atomic E-state index is 12.0. The average Bonchev–Trinajstić information content (AvgIpc) is 3.12. The van der Waals surface area contributed by atoms with Crippen LogP contribution in [-0.4, -0.2) is 29.1 Å². The lowest BCUT2D eigenvalue weighted by molar-refractivity contribution is 0.0955. The van der Waals surface area contributed by atoms with Crippen LogP contribution in [0.1, 0.15) is 32.4 Å². The van der Waals surface area contributed by atoms with E-state index >= 15 is 0 Å². The molecule has 0 aliphatic rings. The van der Waals surface area contributed by atoms with Crippen molar-refractivity contribution in [3.63, 3.8) is 0 Å². The van der Waals surface area contributed by atoms with Gasteiger partial charge in [-0.3, -0.25) is 4.79 Å². The van der Waals surface area contributed by atoms with Gasteiger partial charge < -0.3 is 10.4 Å². The fraction of sp³-hybridized carbons (Fsp3) is 0.286. The Balaban J connectivity index is 1.90. The van der Waals surface area contributed by atoms with Gasteiger partial charge in [-0.15, -0.1) is 22.7 Å². The quantitative estimate of drug-likeness (QED) is 0.850. The zero-order valence-corrected chi connectivity index (χ0v) is 12.6. The summed E-state index contributed by atoms with van der Waals surface area (Å²) in [6.07, 6.45) is 1.77. The molecule has 2 aromatic rings. The van der Waals surface area contributed by atoms with Crippen LogP contribution in [0.2, 0.25) is 0 Å². The Hall–Kier alpha value is -1.68. The number of thiazole rings is 1. The Morgan fingerprint density at radius 3 is 3.10 bits per heavy atom. The monoisotopic (exact) mass is 306 g/mol. The Labute approximate surface area is 125 Å². The highest BCUT2D eigenvalue weighted by Gasteiger charge is 2.12. The summed E-state index contributed by atoms with van der Waals surface area (Å²) in [6, 6.07) is 3.53. The molecule has 0 bridgehead atoms. The molecule has 1 unspecified atom stereocenters. The van der Waals surface area contributed by atoms with Gasteiger partial charge in [-0.25, -0.2) is 4.98 Å². The standard InChI is InChI=1S/C14H14N2O2S2/c1-10(14-15-6-8-19-14)9-16-13(18)12-5-4-11(20-12)3-2-7-17/h4-6,8,10,17H,7,9H2,1H3,(H,16,18). The molecule has 0 fully saturated rings. The first-order valence-electron chi connectivity index (χ1n) is 6.08. The second-order valence-corrected chi connectivity index (χ2v) is 6.12. The minimum atomic E-state index is -0.176. The first kappa shape index (κ1) is 14.7. The molecule has 6 heteroatoms. The fourth-order valence-corrected chi connectivity index (χ4v) is 3.05. The van der Waals surface area contributed by atoms with Gasteiger partial charge in [0.1, 0.15) is 6.61 Å². The van der Waals surface area contributed by atoms with Crippen molar-refractivity contribution in [2.45, 2.75) is 12.8 Å². The molecule has 4 nitrogen and oxygen atoms in total. The molecule has 0 saturated heterocycles. The molecular formula is C14H14N2O2S2. The van der Waals surface area contributed by atoms with Crippen LogP contribution in [0.15, 0.2) is 23.7 Å². The molecule has 2 heterocycles. The topological polar surface area (TPSA) is 62.2 Å². The van der Waals surface area contributed by atoms with Gasteiger partial charge in [-0.1, -0.05) is 18.8 Å². The SMILES string of the molecule is CC(CNC(=O)c1ccc(C#CCO)s1)c1nccs1. The number of aliphatic hydroxyl groups is 1. The van der Waals surface area contributed by atoms with E-state index in [-0.39, 0.29) is 18.4 Å². The number of aliphatic hydroxyl groups excluding tert-OH is 1. The van der Waals surface area contributed by atoms with E-state index in [0.717, 1.165) is 9.88 Å². The summed E-state index contributed by atoms with van der Waals surface area (Å²) in [4.78, 5) is 17.6. The van der Waals surface area contributed by atoms with E-state index in [1.54, 1.807) is 29.7 Å². The third-order valence-electron chi connectivity index (χ3n) is 2.56. The van der Waals surface area contributed by atoms with Crippen molar-refractivity contribution in [3.8, 4) is 11.8 Å². The Kier molecular flexibility index (Phi) is 5.30. The number of thiophene rings is 1. The number of amides is 1. The van der Waals surface area contributed by atoms with Crippen molar-refractivity contribution in [2.75, 3.05) is 13.2 Å². The molecule has 1 atom stereocenters. The van der Waals surface area contributed by atoms with Crippen molar-refractivity contribution < 1.29 is 9.90 Å². The van der Waals surface area contributed by atoms with Gasteiger partial charge >= 0.3 is 0 Å². The van der Waals surface area contributed by atoms with Gasteiger partial charge in [0.05, 0.1) is 14.8 Å². The predicted octanol–water partition coefficient (Wildman–Crippen LogP) is 2.08. The summed E-state index contributed by atoms with van der Waals surface area (Å²) in [7, 11) is 0. The van der Waals surface area contributed by atoms with Gasteiger partial charge in [0.2, 0.25) is 0 Å². The molecule has 20 heavy (non-hydrogen) atoms. The lowest BCUT2D eigenvalue weighted by atomic mass is 10.2. The third-order valence-corrected chi connectivity index (χ3v) is 4.57. The van der Waals surface area contributed by atoms with E-state index in [1.807, 2.05) is 12.3 Å². The van der Waals surface area contributed by atoms with E-state index < -0.39 is 0 Å². The summed E-state index contributed by atoms with van der Waals surface area (Å²) in [5.41, 5.74) is 0. The number of nitrogens with one attached hydrogen (secondary N) is 1. The maximum Gasteiger partial charge on any atom is 0.261 e. The lowest BCUT2D eigenvalue weighted by Crippen LogP contribution is -2.26. The summed E-state index contributed by atoms with van der Waals surface area (Å²) < 4.78 is 0.